The third kappa shape index (κ3) is 2.52. The number of hydrogen-bond acceptors (Lipinski definition) is 5. The van der Waals surface area contributed by atoms with Crippen LogP contribution in [-0.2, 0) is 17.8 Å². The van der Waals surface area contributed by atoms with Gasteiger partial charge in [-0.3, -0.25) is 0 Å². The van der Waals surface area contributed by atoms with Crippen molar-refractivity contribution in [1.82, 2.24) is 4.98 Å². The summed E-state index contributed by atoms with van der Waals surface area (Å²) in [6, 6.07) is 4.03. The van der Waals surface area contributed by atoms with Gasteiger partial charge >= 0.3 is 0 Å². The predicted molar refractivity (Wildman–Crippen MR) is 67.4 cm³/mol. The smallest absolute Gasteiger partial charge is 0.233 e. The molecule has 1 aromatic rings. The van der Waals surface area contributed by atoms with Gasteiger partial charge < -0.3 is 9.47 Å². The zero-order valence-electron chi connectivity index (χ0n) is 11.3. The van der Waals surface area contributed by atoms with Crippen LogP contribution >= 0.6 is 0 Å². The monoisotopic (exact) mass is 257 g/mol. The molecule has 5 heteroatoms. The minimum absolute atomic E-state index is 0.111. The van der Waals surface area contributed by atoms with E-state index in [0.717, 1.165) is 16.8 Å². The van der Waals surface area contributed by atoms with Gasteiger partial charge in [0.2, 0.25) is 5.88 Å². The molecule has 0 aliphatic carbocycles. The van der Waals surface area contributed by atoms with Crippen LogP contribution in [0.1, 0.15) is 36.2 Å². The molecule has 1 aliphatic heterocycles. The van der Waals surface area contributed by atoms with E-state index in [1.807, 2.05) is 26.8 Å². The molecule has 1 aliphatic rings. The van der Waals surface area contributed by atoms with Gasteiger partial charge in [0.25, 0.3) is 0 Å². The Hall–Kier alpha value is -2.11. The lowest BCUT2D eigenvalue weighted by atomic mass is 9.88. The Bertz CT molecular complexity index is 594. The van der Waals surface area contributed by atoms with Gasteiger partial charge in [0, 0.05) is 17.7 Å². The van der Waals surface area contributed by atoms with E-state index in [2.05, 4.69) is 11.1 Å². The maximum absolute atomic E-state index is 9.34. The lowest BCUT2D eigenvalue weighted by Crippen LogP contribution is -2.33. The lowest BCUT2D eigenvalue weighted by Gasteiger charge is -2.33. The normalized spacial score (nSPS) is 16.1. The molecule has 5 nitrogen and oxygen atoms in total. The van der Waals surface area contributed by atoms with Crippen molar-refractivity contribution in [2.45, 2.75) is 39.4 Å². The lowest BCUT2D eigenvalue weighted by molar-refractivity contribution is -0.0407. The van der Waals surface area contributed by atoms with Crippen LogP contribution in [0, 0.1) is 29.6 Å². The van der Waals surface area contributed by atoms with Gasteiger partial charge in [-0.15, -0.1) is 0 Å². The summed E-state index contributed by atoms with van der Waals surface area (Å²) in [6.07, 6.45) is 0.636. The predicted octanol–water partition coefficient (Wildman–Crippen LogP) is 2.02. The second-order valence-corrected chi connectivity index (χ2v) is 5.12. The van der Waals surface area contributed by atoms with Crippen molar-refractivity contribution in [3.05, 3.63) is 22.4 Å². The molecular formula is C14H15N3O2. The Morgan fingerprint density at radius 3 is 2.74 bits per heavy atom. The third-order valence-electron chi connectivity index (χ3n) is 3.18. The summed E-state index contributed by atoms with van der Waals surface area (Å²) >= 11 is 0. The van der Waals surface area contributed by atoms with E-state index in [9.17, 15) is 5.26 Å². The standard InChI is InChI=1S/C14H15N3O2/c1-9-12-8-19-14(2,3)6-10(12)11(7-16)13(17-9)18-5-4-15/h5-6,8H2,1-3H3. The number of nitriles is 2. The minimum Gasteiger partial charge on any atom is -0.461 e. The summed E-state index contributed by atoms with van der Waals surface area (Å²) in [5.74, 6) is 0.248. The fourth-order valence-corrected chi connectivity index (χ4v) is 2.23. The van der Waals surface area contributed by atoms with Crippen LogP contribution < -0.4 is 4.74 Å². The molecule has 1 aromatic heterocycles. The van der Waals surface area contributed by atoms with Crippen LogP contribution in [0.3, 0.4) is 0 Å². The average Bonchev–Trinajstić information content (AvgIpc) is 2.35. The number of aryl methyl sites for hydroxylation is 1. The summed E-state index contributed by atoms with van der Waals surface area (Å²) in [5, 5.41) is 17.9. The molecule has 0 unspecified atom stereocenters. The molecule has 0 fully saturated rings. The highest BCUT2D eigenvalue weighted by molar-refractivity contribution is 5.51. The molecule has 19 heavy (non-hydrogen) atoms. The molecule has 0 saturated carbocycles. The Labute approximate surface area is 112 Å². The van der Waals surface area contributed by atoms with Gasteiger partial charge in [-0.2, -0.15) is 10.5 Å². The van der Waals surface area contributed by atoms with Crippen molar-refractivity contribution in [2.24, 2.45) is 0 Å². The Kier molecular flexibility index (Phi) is 3.42. The van der Waals surface area contributed by atoms with Gasteiger partial charge in [-0.25, -0.2) is 4.98 Å². The highest BCUT2D eigenvalue weighted by atomic mass is 16.5. The average molecular weight is 257 g/mol. The summed E-state index contributed by atoms with van der Waals surface area (Å²) < 4.78 is 11.0. The molecule has 98 valence electrons. The maximum atomic E-state index is 9.34. The number of ether oxygens (including phenoxy) is 2. The first kappa shape index (κ1) is 13.3. The molecule has 0 N–H and O–H groups in total. The second-order valence-electron chi connectivity index (χ2n) is 5.12. The molecule has 0 saturated heterocycles. The molecule has 0 amide bonds. The van der Waals surface area contributed by atoms with Crippen molar-refractivity contribution < 1.29 is 9.47 Å². The van der Waals surface area contributed by atoms with Crippen molar-refractivity contribution in [2.75, 3.05) is 6.61 Å². The molecule has 0 bridgehead atoms. The molecule has 2 rings (SSSR count). The molecule has 0 atom stereocenters. The summed E-state index contributed by atoms with van der Waals surface area (Å²) in [4.78, 5) is 4.27. The highest BCUT2D eigenvalue weighted by Gasteiger charge is 2.31. The van der Waals surface area contributed by atoms with E-state index in [1.54, 1.807) is 0 Å². The topological polar surface area (TPSA) is 78.9 Å². The van der Waals surface area contributed by atoms with Gasteiger partial charge in [0.15, 0.2) is 6.61 Å². The van der Waals surface area contributed by atoms with E-state index in [0.29, 0.717) is 18.6 Å². The van der Waals surface area contributed by atoms with E-state index >= 15 is 0 Å². The minimum atomic E-state index is -0.307. The van der Waals surface area contributed by atoms with Crippen molar-refractivity contribution >= 4 is 0 Å². The highest BCUT2D eigenvalue weighted by Crippen LogP contribution is 2.34. The summed E-state index contributed by atoms with van der Waals surface area (Å²) in [7, 11) is 0. The van der Waals surface area contributed by atoms with E-state index in [1.165, 1.54) is 0 Å². The van der Waals surface area contributed by atoms with E-state index < -0.39 is 0 Å². The largest absolute Gasteiger partial charge is 0.461 e. The zero-order chi connectivity index (χ0) is 14.0. The van der Waals surface area contributed by atoms with Gasteiger partial charge in [0.1, 0.15) is 17.7 Å². The molecular weight excluding hydrogens is 242 g/mol. The van der Waals surface area contributed by atoms with Crippen LogP contribution in [0.5, 0.6) is 5.88 Å². The number of nitrogens with zero attached hydrogens (tertiary/aromatic N) is 3. The fraction of sp³-hybridized carbons (Fsp3) is 0.500. The van der Waals surface area contributed by atoms with Crippen LogP contribution in [0.4, 0.5) is 0 Å². The van der Waals surface area contributed by atoms with E-state index in [-0.39, 0.29) is 18.1 Å². The van der Waals surface area contributed by atoms with Gasteiger partial charge in [-0.05, 0) is 26.3 Å². The van der Waals surface area contributed by atoms with Crippen LogP contribution in [0.25, 0.3) is 0 Å². The van der Waals surface area contributed by atoms with Crippen molar-refractivity contribution in [3.8, 4) is 18.0 Å². The first-order valence-electron chi connectivity index (χ1n) is 6.04. The number of aromatic nitrogens is 1. The van der Waals surface area contributed by atoms with E-state index in [4.69, 9.17) is 14.7 Å². The molecule has 0 aromatic carbocycles. The molecule has 0 radical (unpaired) electrons. The SMILES string of the molecule is Cc1nc(OCC#N)c(C#N)c2c1COC(C)(C)C2. The van der Waals surface area contributed by atoms with Crippen LogP contribution in [0.15, 0.2) is 0 Å². The first-order chi connectivity index (χ1) is 8.98. The van der Waals surface area contributed by atoms with Crippen LogP contribution in [0.2, 0.25) is 0 Å². The Morgan fingerprint density at radius 2 is 2.11 bits per heavy atom. The Morgan fingerprint density at radius 1 is 1.37 bits per heavy atom. The summed E-state index contributed by atoms with van der Waals surface area (Å²) in [5.41, 5.74) is 2.79. The number of pyridine rings is 1. The number of rotatable bonds is 2. The second kappa shape index (κ2) is 4.87. The maximum Gasteiger partial charge on any atom is 0.233 e. The summed E-state index contributed by atoms with van der Waals surface area (Å²) in [6.45, 7) is 6.18. The number of fused-ring (bicyclic) bond motifs is 1. The van der Waals surface area contributed by atoms with Gasteiger partial charge in [0.05, 0.1) is 12.2 Å². The quantitative estimate of drug-likeness (QED) is 0.809. The fourth-order valence-electron chi connectivity index (χ4n) is 2.23. The Balaban J connectivity index is 2.55. The molecule has 2 heterocycles. The number of hydrogen-bond donors (Lipinski definition) is 0. The van der Waals surface area contributed by atoms with Crippen LogP contribution in [-0.4, -0.2) is 17.2 Å². The van der Waals surface area contributed by atoms with Gasteiger partial charge in [-0.1, -0.05) is 0 Å². The first-order valence-corrected chi connectivity index (χ1v) is 6.04. The third-order valence-corrected chi connectivity index (χ3v) is 3.18. The zero-order valence-corrected chi connectivity index (χ0v) is 11.3. The van der Waals surface area contributed by atoms with Crippen molar-refractivity contribution in [1.29, 1.82) is 10.5 Å². The van der Waals surface area contributed by atoms with Crippen molar-refractivity contribution in [3.63, 3.8) is 0 Å². The molecule has 0 spiro atoms.